The van der Waals surface area contributed by atoms with Gasteiger partial charge in [0.05, 0.1) is 12.1 Å². The number of aromatic nitrogens is 2. The molecule has 0 saturated heterocycles. The summed E-state index contributed by atoms with van der Waals surface area (Å²) in [6.07, 6.45) is 0.569. The summed E-state index contributed by atoms with van der Waals surface area (Å²) in [5, 5.41) is 1.78. The smallest absolute Gasteiger partial charge is 0.288 e. The molecule has 0 bridgehead atoms. The maximum Gasteiger partial charge on any atom is 0.331 e. The minimum Gasteiger partial charge on any atom is -0.288 e. The van der Waals surface area contributed by atoms with Crippen LogP contribution in [0.2, 0.25) is 0 Å². The molecule has 0 aliphatic carbocycles. The molecule has 0 radical (unpaired) electrons. The van der Waals surface area contributed by atoms with Crippen LogP contribution in [0.3, 0.4) is 0 Å². The molecular formula is C21H16BrFN2O2S. The van der Waals surface area contributed by atoms with Crippen molar-refractivity contribution >= 4 is 37.5 Å². The molecule has 7 heteroatoms. The predicted molar refractivity (Wildman–Crippen MR) is 114 cm³/mol. The first kappa shape index (κ1) is 18.8. The highest BCUT2D eigenvalue weighted by Crippen LogP contribution is 2.19. The molecule has 0 saturated carbocycles. The third-order valence-corrected chi connectivity index (χ3v) is 6.03. The van der Waals surface area contributed by atoms with E-state index in [1.54, 1.807) is 23.6 Å². The van der Waals surface area contributed by atoms with Gasteiger partial charge in [0.15, 0.2) is 0 Å². The second-order valence-electron chi connectivity index (χ2n) is 6.43. The van der Waals surface area contributed by atoms with Gasteiger partial charge in [0, 0.05) is 16.6 Å². The van der Waals surface area contributed by atoms with Crippen LogP contribution in [0, 0.1) is 5.82 Å². The largest absolute Gasteiger partial charge is 0.331 e. The fourth-order valence-corrected chi connectivity index (χ4v) is 4.37. The Morgan fingerprint density at radius 1 is 1.00 bits per heavy atom. The van der Waals surface area contributed by atoms with Crippen molar-refractivity contribution in [3.05, 3.63) is 102 Å². The average Bonchev–Trinajstić information content (AvgIpc) is 3.17. The highest BCUT2D eigenvalue weighted by molar-refractivity contribution is 9.10. The Hall–Kier alpha value is -2.51. The van der Waals surface area contributed by atoms with Crippen molar-refractivity contribution in [2.45, 2.75) is 19.5 Å². The topological polar surface area (TPSA) is 44.0 Å². The van der Waals surface area contributed by atoms with Crippen LogP contribution in [0.25, 0.3) is 10.2 Å². The molecule has 2 heterocycles. The fourth-order valence-electron chi connectivity index (χ4n) is 3.19. The van der Waals surface area contributed by atoms with E-state index in [0.717, 1.165) is 5.56 Å². The van der Waals surface area contributed by atoms with E-state index in [-0.39, 0.29) is 18.6 Å². The van der Waals surface area contributed by atoms with E-state index in [0.29, 0.717) is 26.7 Å². The van der Waals surface area contributed by atoms with Crippen molar-refractivity contribution in [3.63, 3.8) is 0 Å². The van der Waals surface area contributed by atoms with Crippen LogP contribution in [-0.4, -0.2) is 9.13 Å². The predicted octanol–water partition coefficient (Wildman–Crippen LogP) is 4.42. The first-order valence-electron chi connectivity index (χ1n) is 8.73. The highest BCUT2D eigenvalue weighted by Gasteiger charge is 2.16. The van der Waals surface area contributed by atoms with Crippen LogP contribution in [0.1, 0.15) is 11.1 Å². The van der Waals surface area contributed by atoms with Crippen molar-refractivity contribution in [2.75, 3.05) is 0 Å². The van der Waals surface area contributed by atoms with E-state index in [1.807, 2.05) is 30.3 Å². The molecule has 0 fully saturated rings. The lowest BCUT2D eigenvalue weighted by atomic mass is 10.1. The molecular weight excluding hydrogens is 443 g/mol. The number of halogens is 2. The molecule has 0 N–H and O–H groups in total. The third kappa shape index (κ3) is 3.59. The molecule has 142 valence electrons. The lowest BCUT2D eigenvalue weighted by Crippen LogP contribution is -2.40. The summed E-state index contributed by atoms with van der Waals surface area (Å²) in [6.45, 7) is 0.342. The lowest BCUT2D eigenvalue weighted by Gasteiger charge is -2.13. The van der Waals surface area contributed by atoms with Gasteiger partial charge in [-0.3, -0.25) is 13.9 Å². The molecule has 4 rings (SSSR count). The fraction of sp³-hybridized carbons (Fsp3) is 0.143. The lowest BCUT2D eigenvalue weighted by molar-refractivity contribution is 0.568. The Morgan fingerprint density at radius 2 is 1.79 bits per heavy atom. The maximum atomic E-state index is 14.3. The Kier molecular flexibility index (Phi) is 5.28. The third-order valence-electron chi connectivity index (χ3n) is 4.65. The minimum absolute atomic E-state index is 0.0663. The average molecular weight is 459 g/mol. The molecule has 0 amide bonds. The normalized spacial score (nSPS) is 11.2. The van der Waals surface area contributed by atoms with Gasteiger partial charge in [0.1, 0.15) is 10.5 Å². The summed E-state index contributed by atoms with van der Waals surface area (Å²) >= 11 is 4.54. The van der Waals surface area contributed by atoms with Crippen molar-refractivity contribution in [2.24, 2.45) is 0 Å². The highest BCUT2D eigenvalue weighted by atomic mass is 79.9. The van der Waals surface area contributed by atoms with E-state index in [9.17, 15) is 14.0 Å². The van der Waals surface area contributed by atoms with Crippen LogP contribution in [0.15, 0.2) is 74.0 Å². The van der Waals surface area contributed by atoms with E-state index in [1.165, 1.54) is 26.5 Å². The second kappa shape index (κ2) is 7.85. The second-order valence-corrected chi connectivity index (χ2v) is 8.26. The number of nitrogens with zero attached hydrogens (tertiary/aromatic N) is 2. The van der Waals surface area contributed by atoms with Crippen LogP contribution >= 0.6 is 27.3 Å². The Morgan fingerprint density at radius 3 is 2.54 bits per heavy atom. The number of hydrogen-bond donors (Lipinski definition) is 0. The van der Waals surface area contributed by atoms with Crippen LogP contribution in [-0.2, 0) is 19.5 Å². The molecule has 2 aromatic heterocycles. The van der Waals surface area contributed by atoms with E-state index in [2.05, 4.69) is 15.9 Å². The van der Waals surface area contributed by atoms with Crippen molar-refractivity contribution in [3.8, 4) is 0 Å². The van der Waals surface area contributed by atoms with Gasteiger partial charge in [0.2, 0.25) is 0 Å². The number of rotatable bonds is 5. The maximum absolute atomic E-state index is 14.3. The minimum atomic E-state index is -0.422. The molecule has 4 nitrogen and oxygen atoms in total. The van der Waals surface area contributed by atoms with Gasteiger partial charge in [-0.05, 0) is 35.6 Å². The Bertz CT molecular complexity index is 1260. The van der Waals surface area contributed by atoms with Gasteiger partial charge in [-0.2, -0.15) is 0 Å². The van der Waals surface area contributed by atoms with Crippen molar-refractivity contribution in [1.29, 1.82) is 0 Å². The summed E-state index contributed by atoms with van der Waals surface area (Å²) in [5.74, 6) is -0.397. The van der Waals surface area contributed by atoms with Gasteiger partial charge in [-0.1, -0.05) is 52.3 Å². The number of benzene rings is 2. The molecule has 28 heavy (non-hydrogen) atoms. The van der Waals surface area contributed by atoms with Gasteiger partial charge >= 0.3 is 5.69 Å². The molecule has 0 aliphatic heterocycles. The zero-order valence-corrected chi connectivity index (χ0v) is 17.2. The first-order valence-corrected chi connectivity index (χ1v) is 10.4. The number of hydrogen-bond acceptors (Lipinski definition) is 3. The molecule has 2 aromatic carbocycles. The van der Waals surface area contributed by atoms with Gasteiger partial charge < -0.3 is 0 Å². The summed E-state index contributed by atoms with van der Waals surface area (Å²) in [7, 11) is 0. The van der Waals surface area contributed by atoms with Crippen LogP contribution in [0.5, 0.6) is 0 Å². The molecule has 0 atom stereocenters. The Balaban J connectivity index is 1.78. The summed E-state index contributed by atoms with van der Waals surface area (Å²) < 4.78 is 18.2. The molecule has 0 aliphatic rings. The molecule has 0 unspecified atom stereocenters. The van der Waals surface area contributed by atoms with Crippen LogP contribution < -0.4 is 11.2 Å². The van der Waals surface area contributed by atoms with Gasteiger partial charge in [0.25, 0.3) is 5.56 Å². The van der Waals surface area contributed by atoms with Crippen molar-refractivity contribution in [1.82, 2.24) is 9.13 Å². The summed E-state index contributed by atoms with van der Waals surface area (Å²) in [6, 6.07) is 16.2. The van der Waals surface area contributed by atoms with Crippen molar-refractivity contribution < 1.29 is 4.39 Å². The van der Waals surface area contributed by atoms with Gasteiger partial charge in [-0.25, -0.2) is 9.18 Å². The standard InChI is InChI=1S/C21H16BrFN2O2S/c22-16-7-6-15(17(23)12-16)13-25-18-9-11-28-19(18)20(26)24(21(25)27)10-8-14-4-2-1-3-5-14/h1-7,9,11-12H,8,10,13H2. The first-order chi connectivity index (χ1) is 13.5. The van der Waals surface area contributed by atoms with E-state index >= 15 is 0 Å². The molecule has 0 spiro atoms. The van der Waals surface area contributed by atoms with E-state index < -0.39 is 11.5 Å². The quantitative estimate of drug-likeness (QED) is 0.444. The van der Waals surface area contributed by atoms with Gasteiger partial charge in [-0.15, -0.1) is 11.3 Å². The monoisotopic (exact) mass is 458 g/mol. The zero-order valence-electron chi connectivity index (χ0n) is 14.8. The van der Waals surface area contributed by atoms with Crippen LogP contribution in [0.4, 0.5) is 4.39 Å². The SMILES string of the molecule is O=c1c2sccc2n(Cc2ccc(Br)cc2F)c(=O)n1CCc1ccccc1. The summed E-state index contributed by atoms with van der Waals surface area (Å²) in [4.78, 5) is 25.9. The molecule has 4 aromatic rings. The zero-order chi connectivity index (χ0) is 19.7. The number of thiophene rings is 1. The van der Waals surface area contributed by atoms with E-state index in [4.69, 9.17) is 0 Å². The Labute approximate surface area is 172 Å². The summed E-state index contributed by atoms with van der Waals surface area (Å²) in [5.41, 5.74) is 1.27. The number of aryl methyl sites for hydroxylation is 1. The number of fused-ring (bicyclic) bond motifs is 1.